The summed E-state index contributed by atoms with van der Waals surface area (Å²) >= 11 is 6.96. The average molecular weight is 548 g/mol. The minimum atomic E-state index is -1.42. The van der Waals surface area contributed by atoms with Gasteiger partial charge in [-0.3, -0.25) is 24.1 Å². The fourth-order valence-corrected chi connectivity index (χ4v) is 4.30. The van der Waals surface area contributed by atoms with Crippen molar-refractivity contribution in [3.05, 3.63) is 75.0 Å². The van der Waals surface area contributed by atoms with Crippen molar-refractivity contribution in [3.63, 3.8) is 0 Å². The van der Waals surface area contributed by atoms with Gasteiger partial charge >= 0.3 is 5.97 Å². The first-order valence-corrected chi connectivity index (χ1v) is 12.0. The van der Waals surface area contributed by atoms with Gasteiger partial charge in [0.25, 0.3) is 11.8 Å². The number of primary amides is 1. The van der Waals surface area contributed by atoms with Crippen molar-refractivity contribution >= 4 is 58.2 Å². The Morgan fingerprint density at radius 1 is 1.19 bits per heavy atom. The van der Waals surface area contributed by atoms with E-state index < -0.39 is 42.1 Å². The lowest BCUT2D eigenvalue weighted by atomic mass is 10.0. The van der Waals surface area contributed by atoms with E-state index in [0.29, 0.717) is 22.1 Å². The molecule has 1 aromatic heterocycles. The molecule has 3 amide bonds. The van der Waals surface area contributed by atoms with Crippen LogP contribution in [0.3, 0.4) is 0 Å². The van der Waals surface area contributed by atoms with Gasteiger partial charge in [-0.25, -0.2) is 4.39 Å². The zero-order valence-corrected chi connectivity index (χ0v) is 21.4. The van der Waals surface area contributed by atoms with Crippen molar-refractivity contribution < 1.29 is 28.3 Å². The molecule has 2 aromatic carbocycles. The average Bonchev–Trinajstić information content (AvgIpc) is 3.25. The zero-order chi connectivity index (χ0) is 27.3. The minimum Gasteiger partial charge on any atom is -0.465 e. The van der Waals surface area contributed by atoms with Crippen LogP contribution in [0.4, 0.5) is 15.8 Å². The molecule has 0 aliphatic heterocycles. The van der Waals surface area contributed by atoms with Crippen LogP contribution in [0, 0.1) is 12.7 Å². The Morgan fingerprint density at radius 3 is 2.43 bits per heavy atom. The van der Waals surface area contributed by atoms with E-state index in [0.717, 1.165) is 17.0 Å². The molecule has 0 radical (unpaired) electrons. The number of nitrogen functional groups attached to an aromatic ring is 1. The van der Waals surface area contributed by atoms with Crippen molar-refractivity contribution in [1.82, 2.24) is 9.69 Å². The number of carbonyl (C=O) groups excluding carboxylic acids is 4. The summed E-state index contributed by atoms with van der Waals surface area (Å²) in [5.41, 5.74) is 11.9. The van der Waals surface area contributed by atoms with Gasteiger partial charge < -0.3 is 21.5 Å². The first kappa shape index (κ1) is 27.6. The number of aromatic nitrogens is 1. The number of hydrogen-bond acceptors (Lipinski definition) is 8. The molecule has 0 aliphatic rings. The lowest BCUT2D eigenvalue weighted by Gasteiger charge is -2.31. The van der Waals surface area contributed by atoms with Crippen LogP contribution in [-0.2, 0) is 14.3 Å². The summed E-state index contributed by atoms with van der Waals surface area (Å²) in [5.74, 6) is -3.77. The molecule has 3 rings (SSSR count). The van der Waals surface area contributed by atoms with Crippen molar-refractivity contribution in [1.29, 1.82) is 0 Å². The van der Waals surface area contributed by atoms with E-state index in [9.17, 15) is 23.6 Å². The molecule has 0 spiro atoms. The van der Waals surface area contributed by atoms with Crippen LogP contribution in [0.1, 0.15) is 44.3 Å². The van der Waals surface area contributed by atoms with E-state index in [1.807, 2.05) is 0 Å². The number of amides is 3. The summed E-state index contributed by atoms with van der Waals surface area (Å²) in [6.07, 6.45) is 0. The Bertz CT molecular complexity index is 1350. The molecule has 1 atom stereocenters. The van der Waals surface area contributed by atoms with Gasteiger partial charge in [0.05, 0.1) is 12.3 Å². The van der Waals surface area contributed by atoms with Gasteiger partial charge in [-0.2, -0.15) is 4.37 Å². The fourth-order valence-electron chi connectivity index (χ4n) is 3.38. The highest BCUT2D eigenvalue weighted by molar-refractivity contribution is 7.09. The molecule has 0 unspecified atom stereocenters. The second-order valence-corrected chi connectivity index (χ2v) is 8.90. The maximum atomic E-state index is 13.9. The predicted octanol–water partition coefficient (Wildman–Crippen LogP) is 2.99. The normalized spacial score (nSPS) is 11.5. The van der Waals surface area contributed by atoms with E-state index in [-0.39, 0.29) is 34.1 Å². The van der Waals surface area contributed by atoms with Crippen molar-refractivity contribution in [2.24, 2.45) is 5.73 Å². The Hall–Kier alpha value is -4.03. The number of ether oxygens (including phenoxy) is 1. The largest absolute Gasteiger partial charge is 0.465 e. The molecule has 10 nitrogen and oxygen atoms in total. The Morgan fingerprint density at radius 2 is 1.86 bits per heavy atom. The molecular formula is C24H23ClFN5O5S. The molecule has 1 heterocycles. The molecule has 0 saturated carbocycles. The second-order valence-electron chi connectivity index (χ2n) is 7.72. The fraction of sp³-hybridized carbons (Fsp3) is 0.208. The predicted molar refractivity (Wildman–Crippen MR) is 137 cm³/mol. The third-order valence-corrected chi connectivity index (χ3v) is 6.47. The molecule has 37 heavy (non-hydrogen) atoms. The minimum absolute atomic E-state index is 0.107. The quantitative estimate of drug-likeness (QED) is 0.347. The van der Waals surface area contributed by atoms with E-state index in [2.05, 4.69) is 9.69 Å². The molecule has 13 heteroatoms. The van der Waals surface area contributed by atoms with Gasteiger partial charge in [-0.05, 0) is 60.8 Å². The number of halogens is 2. The van der Waals surface area contributed by atoms with Gasteiger partial charge in [0.1, 0.15) is 23.3 Å². The highest BCUT2D eigenvalue weighted by Crippen LogP contribution is 2.35. The summed E-state index contributed by atoms with van der Waals surface area (Å²) in [5, 5.41) is 2.75. The van der Waals surface area contributed by atoms with Gasteiger partial charge in [0, 0.05) is 10.7 Å². The van der Waals surface area contributed by atoms with Crippen LogP contribution in [0.2, 0.25) is 5.02 Å². The van der Waals surface area contributed by atoms with Crippen LogP contribution >= 0.6 is 23.1 Å². The number of nitrogens with two attached hydrogens (primary N) is 2. The SMILES string of the molecule is CCOC(=O)CNC(=O)[C@@H](c1ccc(F)cc1)N(C(=O)c1snc(C(N)=O)c1N)c1ccc(C)c(Cl)c1. The summed E-state index contributed by atoms with van der Waals surface area (Å²) in [7, 11) is 0. The monoisotopic (exact) mass is 547 g/mol. The lowest BCUT2D eigenvalue weighted by molar-refractivity contribution is -0.143. The highest BCUT2D eigenvalue weighted by Gasteiger charge is 2.36. The molecular weight excluding hydrogens is 525 g/mol. The second kappa shape index (κ2) is 11.8. The Kier molecular flexibility index (Phi) is 8.79. The molecule has 3 aromatic rings. The highest BCUT2D eigenvalue weighted by atomic mass is 35.5. The topological polar surface area (TPSA) is 158 Å². The molecule has 0 bridgehead atoms. The van der Waals surface area contributed by atoms with E-state index >= 15 is 0 Å². The summed E-state index contributed by atoms with van der Waals surface area (Å²) < 4.78 is 22.5. The van der Waals surface area contributed by atoms with Crippen LogP contribution in [-0.4, -0.2) is 41.2 Å². The number of hydrogen-bond donors (Lipinski definition) is 3. The van der Waals surface area contributed by atoms with Gasteiger partial charge in [-0.15, -0.1) is 0 Å². The number of esters is 1. The van der Waals surface area contributed by atoms with E-state index in [4.69, 9.17) is 27.8 Å². The van der Waals surface area contributed by atoms with Crippen molar-refractivity contribution in [2.75, 3.05) is 23.8 Å². The number of nitrogens with zero attached hydrogens (tertiary/aromatic N) is 2. The molecule has 0 saturated heterocycles. The third-order valence-electron chi connectivity index (χ3n) is 5.21. The standard InChI is InChI=1S/C24H23ClFN5O5S/c1-3-36-17(32)11-29-23(34)20(13-5-7-14(26)8-6-13)31(15-9-4-12(2)16(25)10-15)24(35)21-18(27)19(22(28)33)30-37-21/h4-10,20H,3,11,27H2,1-2H3,(H2,28,33)(H,29,34)/t20-/m1/s1. The first-order valence-electron chi connectivity index (χ1n) is 10.9. The number of nitrogens with one attached hydrogen (secondary N) is 1. The molecule has 5 N–H and O–H groups in total. The number of anilines is 2. The van der Waals surface area contributed by atoms with Gasteiger partial charge in [0.2, 0.25) is 5.91 Å². The first-order chi connectivity index (χ1) is 17.5. The summed E-state index contributed by atoms with van der Waals surface area (Å²) in [6.45, 7) is 3.00. The van der Waals surface area contributed by atoms with Gasteiger partial charge in [0.15, 0.2) is 5.69 Å². The molecule has 0 aliphatic carbocycles. The van der Waals surface area contributed by atoms with Gasteiger partial charge in [-0.1, -0.05) is 29.8 Å². The lowest BCUT2D eigenvalue weighted by Crippen LogP contribution is -2.45. The maximum Gasteiger partial charge on any atom is 0.325 e. The molecule has 194 valence electrons. The summed E-state index contributed by atoms with van der Waals surface area (Å²) in [6, 6.07) is 8.14. The number of carbonyl (C=O) groups is 4. The maximum absolute atomic E-state index is 13.9. The number of benzene rings is 2. The zero-order valence-electron chi connectivity index (χ0n) is 19.8. The van der Waals surface area contributed by atoms with Crippen molar-refractivity contribution in [2.45, 2.75) is 19.9 Å². The van der Waals surface area contributed by atoms with Crippen LogP contribution in [0.15, 0.2) is 42.5 Å². The number of aryl methyl sites for hydroxylation is 1. The van der Waals surface area contributed by atoms with Crippen LogP contribution in [0.25, 0.3) is 0 Å². The van der Waals surface area contributed by atoms with E-state index in [1.165, 1.54) is 18.2 Å². The third kappa shape index (κ3) is 6.22. The van der Waals surface area contributed by atoms with Crippen LogP contribution in [0.5, 0.6) is 0 Å². The molecule has 0 fully saturated rings. The van der Waals surface area contributed by atoms with E-state index in [1.54, 1.807) is 26.0 Å². The van der Waals surface area contributed by atoms with Crippen molar-refractivity contribution in [3.8, 4) is 0 Å². The summed E-state index contributed by atoms with van der Waals surface area (Å²) in [4.78, 5) is 51.9. The smallest absolute Gasteiger partial charge is 0.325 e. The van der Waals surface area contributed by atoms with Crippen LogP contribution < -0.4 is 21.7 Å². The Labute approximate surface area is 220 Å². The number of rotatable bonds is 9. The Balaban J connectivity index is 2.18.